The molecule has 4 heteroatoms. The SMILES string of the molecule is COC(=O)Sc1cc(C)ccc1OC. The molecule has 0 aliphatic heterocycles. The van der Waals surface area contributed by atoms with Gasteiger partial charge in [0.05, 0.1) is 19.1 Å². The minimum Gasteiger partial charge on any atom is -0.496 e. The molecule has 0 spiro atoms. The molecule has 14 heavy (non-hydrogen) atoms. The van der Waals surface area contributed by atoms with Crippen LogP contribution >= 0.6 is 11.8 Å². The van der Waals surface area contributed by atoms with Crippen LogP contribution in [0, 0.1) is 6.92 Å². The van der Waals surface area contributed by atoms with Gasteiger partial charge in [0.15, 0.2) is 0 Å². The first kappa shape index (κ1) is 10.9. The van der Waals surface area contributed by atoms with Crippen LogP contribution in [0.2, 0.25) is 0 Å². The van der Waals surface area contributed by atoms with Crippen molar-refractivity contribution in [3.05, 3.63) is 23.8 Å². The van der Waals surface area contributed by atoms with Gasteiger partial charge in [0, 0.05) is 0 Å². The number of rotatable bonds is 2. The van der Waals surface area contributed by atoms with Crippen molar-refractivity contribution >= 4 is 17.1 Å². The van der Waals surface area contributed by atoms with Gasteiger partial charge in [-0.05, 0) is 36.4 Å². The van der Waals surface area contributed by atoms with Gasteiger partial charge in [-0.3, -0.25) is 0 Å². The molecule has 0 bridgehead atoms. The second-order valence-electron chi connectivity index (χ2n) is 2.71. The Balaban J connectivity index is 2.93. The number of aryl methyl sites for hydroxylation is 1. The van der Waals surface area contributed by atoms with Gasteiger partial charge in [0.25, 0.3) is 0 Å². The van der Waals surface area contributed by atoms with E-state index in [9.17, 15) is 4.79 Å². The summed E-state index contributed by atoms with van der Waals surface area (Å²) < 4.78 is 9.68. The van der Waals surface area contributed by atoms with Crippen LogP contribution in [-0.4, -0.2) is 19.5 Å². The maximum atomic E-state index is 11.0. The van der Waals surface area contributed by atoms with E-state index < -0.39 is 0 Å². The molecular weight excluding hydrogens is 200 g/mol. The number of methoxy groups -OCH3 is 2. The van der Waals surface area contributed by atoms with E-state index in [-0.39, 0.29) is 5.30 Å². The first-order chi connectivity index (χ1) is 6.67. The van der Waals surface area contributed by atoms with Crippen molar-refractivity contribution in [2.24, 2.45) is 0 Å². The summed E-state index contributed by atoms with van der Waals surface area (Å²) in [6, 6.07) is 5.65. The number of benzene rings is 1. The summed E-state index contributed by atoms with van der Waals surface area (Å²) in [5.74, 6) is 0.686. The van der Waals surface area contributed by atoms with Crippen LogP contribution < -0.4 is 4.74 Å². The third kappa shape index (κ3) is 2.67. The van der Waals surface area contributed by atoms with Gasteiger partial charge >= 0.3 is 5.30 Å². The quantitative estimate of drug-likeness (QED) is 0.558. The lowest BCUT2D eigenvalue weighted by Gasteiger charge is -2.07. The van der Waals surface area contributed by atoms with Gasteiger partial charge in [-0.25, -0.2) is 4.79 Å². The minimum atomic E-state index is -0.339. The molecule has 3 nitrogen and oxygen atoms in total. The highest BCUT2D eigenvalue weighted by Gasteiger charge is 2.09. The maximum Gasteiger partial charge on any atom is 0.372 e. The molecule has 0 fully saturated rings. The molecular formula is C10H12O3S. The summed E-state index contributed by atoms with van der Waals surface area (Å²) in [4.78, 5) is 11.8. The normalized spacial score (nSPS) is 9.64. The molecule has 0 atom stereocenters. The summed E-state index contributed by atoms with van der Waals surface area (Å²) in [5.41, 5.74) is 1.08. The lowest BCUT2D eigenvalue weighted by atomic mass is 10.2. The zero-order chi connectivity index (χ0) is 10.6. The Labute approximate surface area is 87.4 Å². The van der Waals surface area contributed by atoms with Crippen LogP contribution in [0.4, 0.5) is 4.79 Å². The fourth-order valence-electron chi connectivity index (χ4n) is 0.995. The Morgan fingerprint density at radius 2 is 2.07 bits per heavy atom. The largest absolute Gasteiger partial charge is 0.496 e. The van der Waals surface area contributed by atoms with E-state index in [0.29, 0.717) is 5.75 Å². The molecule has 0 heterocycles. The molecule has 1 aromatic rings. The molecule has 0 radical (unpaired) electrons. The van der Waals surface area contributed by atoms with Crippen molar-refractivity contribution in [3.63, 3.8) is 0 Å². The number of ether oxygens (including phenoxy) is 2. The Kier molecular flexibility index (Phi) is 3.83. The summed E-state index contributed by atoms with van der Waals surface area (Å²) in [6.45, 7) is 1.96. The summed E-state index contributed by atoms with van der Waals surface area (Å²) in [6.07, 6.45) is 0. The highest BCUT2D eigenvalue weighted by Crippen LogP contribution is 2.30. The average molecular weight is 212 g/mol. The number of hydrogen-bond donors (Lipinski definition) is 0. The van der Waals surface area contributed by atoms with Crippen molar-refractivity contribution < 1.29 is 14.3 Å². The highest BCUT2D eigenvalue weighted by molar-refractivity contribution is 8.13. The summed E-state index contributed by atoms with van der Waals surface area (Å²) in [5, 5.41) is -0.339. The first-order valence-electron chi connectivity index (χ1n) is 4.08. The number of hydrogen-bond acceptors (Lipinski definition) is 4. The van der Waals surface area contributed by atoms with E-state index in [1.807, 2.05) is 25.1 Å². The van der Waals surface area contributed by atoms with Crippen LogP contribution in [0.3, 0.4) is 0 Å². The van der Waals surface area contributed by atoms with Crippen LogP contribution in [0.15, 0.2) is 23.1 Å². The van der Waals surface area contributed by atoms with Crippen molar-refractivity contribution in [2.45, 2.75) is 11.8 Å². The van der Waals surface area contributed by atoms with Crippen molar-refractivity contribution in [3.8, 4) is 5.75 Å². The van der Waals surface area contributed by atoms with Gasteiger partial charge in [-0.1, -0.05) is 6.07 Å². The van der Waals surface area contributed by atoms with E-state index in [1.165, 1.54) is 7.11 Å². The van der Waals surface area contributed by atoms with Gasteiger partial charge < -0.3 is 9.47 Å². The fourth-order valence-corrected chi connectivity index (χ4v) is 1.75. The monoisotopic (exact) mass is 212 g/mol. The summed E-state index contributed by atoms with van der Waals surface area (Å²) >= 11 is 1.02. The Hall–Kier alpha value is -1.16. The Morgan fingerprint density at radius 1 is 1.36 bits per heavy atom. The van der Waals surface area contributed by atoms with E-state index in [4.69, 9.17) is 4.74 Å². The van der Waals surface area contributed by atoms with Crippen LogP contribution in [-0.2, 0) is 4.74 Å². The Bertz CT molecular complexity index is 336. The van der Waals surface area contributed by atoms with Crippen LogP contribution in [0.1, 0.15) is 5.56 Å². The molecule has 1 rings (SSSR count). The lowest BCUT2D eigenvalue weighted by Crippen LogP contribution is -1.93. The zero-order valence-electron chi connectivity index (χ0n) is 8.37. The number of thioether (sulfide) groups is 1. The van der Waals surface area contributed by atoms with Crippen molar-refractivity contribution in [1.29, 1.82) is 0 Å². The fraction of sp³-hybridized carbons (Fsp3) is 0.300. The van der Waals surface area contributed by atoms with E-state index >= 15 is 0 Å². The van der Waals surface area contributed by atoms with Crippen LogP contribution in [0.5, 0.6) is 5.75 Å². The van der Waals surface area contributed by atoms with E-state index in [2.05, 4.69) is 4.74 Å². The molecule has 0 saturated carbocycles. The van der Waals surface area contributed by atoms with E-state index in [0.717, 1.165) is 22.2 Å². The zero-order valence-corrected chi connectivity index (χ0v) is 9.18. The second-order valence-corrected chi connectivity index (χ2v) is 3.69. The number of carbonyl (C=O) groups is 1. The lowest BCUT2D eigenvalue weighted by molar-refractivity contribution is 0.200. The standard InChI is InChI=1S/C10H12O3S/c1-7-4-5-8(12-2)9(6-7)14-10(11)13-3/h4-6H,1-3H3. The molecule has 0 aromatic heterocycles. The molecule has 0 N–H and O–H groups in total. The topological polar surface area (TPSA) is 35.5 Å². The molecule has 1 aromatic carbocycles. The highest BCUT2D eigenvalue weighted by atomic mass is 32.2. The van der Waals surface area contributed by atoms with Crippen molar-refractivity contribution in [2.75, 3.05) is 14.2 Å². The third-order valence-electron chi connectivity index (χ3n) is 1.68. The molecule has 0 unspecified atom stereocenters. The van der Waals surface area contributed by atoms with Crippen molar-refractivity contribution in [1.82, 2.24) is 0 Å². The van der Waals surface area contributed by atoms with Gasteiger partial charge in [0.2, 0.25) is 0 Å². The molecule has 76 valence electrons. The average Bonchev–Trinajstić information content (AvgIpc) is 2.18. The number of carbonyl (C=O) groups excluding carboxylic acids is 1. The van der Waals surface area contributed by atoms with E-state index in [1.54, 1.807) is 7.11 Å². The maximum absolute atomic E-state index is 11.0. The molecule has 0 aliphatic carbocycles. The van der Waals surface area contributed by atoms with Gasteiger partial charge in [-0.2, -0.15) is 0 Å². The molecule has 0 amide bonds. The Morgan fingerprint density at radius 3 is 2.64 bits per heavy atom. The predicted molar refractivity (Wildman–Crippen MR) is 56.0 cm³/mol. The van der Waals surface area contributed by atoms with Gasteiger partial charge in [0.1, 0.15) is 5.75 Å². The first-order valence-corrected chi connectivity index (χ1v) is 4.89. The predicted octanol–water partition coefficient (Wildman–Crippen LogP) is 2.86. The molecule has 0 aliphatic rings. The smallest absolute Gasteiger partial charge is 0.372 e. The molecule has 0 saturated heterocycles. The van der Waals surface area contributed by atoms with Crippen LogP contribution in [0.25, 0.3) is 0 Å². The second kappa shape index (κ2) is 4.91. The third-order valence-corrected chi connectivity index (χ3v) is 2.55. The van der Waals surface area contributed by atoms with Gasteiger partial charge in [-0.15, -0.1) is 0 Å². The minimum absolute atomic E-state index is 0.339. The summed E-state index contributed by atoms with van der Waals surface area (Å²) in [7, 11) is 2.93.